The van der Waals surface area contributed by atoms with Gasteiger partial charge in [0.25, 0.3) is 0 Å². The molecule has 46 heavy (non-hydrogen) atoms. The molecule has 0 heterocycles. The predicted octanol–water partition coefficient (Wildman–Crippen LogP) is 8.88. The van der Waals surface area contributed by atoms with E-state index in [1.165, 1.54) is 0 Å². The lowest BCUT2D eigenvalue weighted by atomic mass is 10.3. The van der Waals surface area contributed by atoms with Crippen LogP contribution in [0.4, 0.5) is 11.4 Å². The molecule has 5 rings (SSSR count). The number of anilines is 2. The van der Waals surface area contributed by atoms with Crippen molar-refractivity contribution in [3.05, 3.63) is 121 Å². The second-order valence-corrected chi connectivity index (χ2v) is 12.1. The van der Waals surface area contributed by atoms with Crippen LogP contribution in [0.1, 0.15) is 0 Å². The minimum atomic E-state index is -2.14. The summed E-state index contributed by atoms with van der Waals surface area (Å²) in [6.45, 7) is 0. The van der Waals surface area contributed by atoms with Crippen molar-refractivity contribution in [3.63, 3.8) is 0 Å². The molecule has 0 saturated heterocycles. The van der Waals surface area contributed by atoms with E-state index >= 15 is 0 Å². The Labute approximate surface area is 271 Å². The van der Waals surface area contributed by atoms with Crippen molar-refractivity contribution < 1.29 is 37.0 Å². The first kappa shape index (κ1) is 32.4. The van der Waals surface area contributed by atoms with Gasteiger partial charge in [0.05, 0.1) is 34.1 Å². The first-order chi connectivity index (χ1) is 22.5. The maximum atomic E-state index is 6.71. The molecule has 0 bridgehead atoms. The summed E-state index contributed by atoms with van der Waals surface area (Å²) < 4.78 is 51.2. The van der Waals surface area contributed by atoms with Crippen molar-refractivity contribution in [1.29, 1.82) is 0 Å². The van der Waals surface area contributed by atoms with Crippen LogP contribution in [0.2, 0.25) is 0 Å². The van der Waals surface area contributed by atoms with E-state index in [0.29, 0.717) is 57.4 Å². The van der Waals surface area contributed by atoms with Crippen LogP contribution in [-0.4, -0.2) is 28.4 Å². The van der Waals surface area contributed by atoms with Gasteiger partial charge in [0.15, 0.2) is 46.0 Å². The number of benzene rings is 5. The molecule has 0 amide bonds. The van der Waals surface area contributed by atoms with E-state index in [1.807, 2.05) is 65.1 Å². The SMILES string of the molecule is COc1ccccc1OP(Oc1ccccc1OC)N(c1ccc(N)cc1)P(Oc1ccccc1OC)Oc1ccccc1OC. The zero-order valence-corrected chi connectivity index (χ0v) is 27.5. The lowest BCUT2D eigenvalue weighted by Crippen LogP contribution is -2.22. The van der Waals surface area contributed by atoms with Gasteiger partial charge in [-0.2, -0.15) is 4.44 Å². The van der Waals surface area contributed by atoms with Gasteiger partial charge in [-0.25, -0.2) is 0 Å². The highest BCUT2D eigenvalue weighted by Gasteiger charge is 2.40. The van der Waals surface area contributed by atoms with E-state index < -0.39 is 17.1 Å². The molecular weight excluding hydrogens is 626 g/mol. The Morgan fingerprint density at radius 1 is 0.391 bits per heavy atom. The average molecular weight is 661 g/mol. The largest absolute Gasteiger partial charge is 0.493 e. The fourth-order valence-electron chi connectivity index (χ4n) is 4.16. The standard InChI is InChI=1S/C34H34N2O8P2/c1-37-27-13-5-9-17-31(27)41-45(42-32-18-10-6-14-28(32)38-2)36(26-23-21-25(35)22-24-26)46(43-33-19-11-7-15-29(33)39-3)44-34-20-12-8-16-30(34)40-4/h5-24H,35H2,1-4H3. The Morgan fingerprint density at radius 3 is 0.913 bits per heavy atom. The summed E-state index contributed by atoms with van der Waals surface area (Å²) in [4.78, 5) is 0. The summed E-state index contributed by atoms with van der Waals surface area (Å²) in [5.41, 5.74) is 7.34. The quantitative estimate of drug-likeness (QED) is 0.0865. The first-order valence-corrected chi connectivity index (χ1v) is 16.3. The monoisotopic (exact) mass is 660 g/mol. The first-order valence-electron chi connectivity index (χ1n) is 14.0. The molecule has 0 saturated carbocycles. The van der Waals surface area contributed by atoms with Gasteiger partial charge < -0.3 is 42.8 Å². The molecule has 5 aromatic rings. The summed E-state index contributed by atoms with van der Waals surface area (Å²) in [5, 5.41) is 0. The molecule has 0 unspecified atom stereocenters. The molecule has 0 radical (unpaired) electrons. The molecule has 238 valence electrons. The lowest BCUT2D eigenvalue weighted by molar-refractivity contribution is 0.374. The van der Waals surface area contributed by atoms with Gasteiger partial charge in [0.1, 0.15) is 0 Å². The maximum absolute atomic E-state index is 6.71. The third-order valence-electron chi connectivity index (χ3n) is 6.42. The molecule has 0 atom stereocenters. The molecule has 0 spiro atoms. The van der Waals surface area contributed by atoms with Crippen LogP contribution in [0, 0.1) is 0 Å². The molecule has 0 aliphatic rings. The van der Waals surface area contributed by atoms with Crippen molar-refractivity contribution in [2.45, 2.75) is 0 Å². The van der Waals surface area contributed by atoms with Crippen molar-refractivity contribution in [2.75, 3.05) is 38.6 Å². The maximum Gasteiger partial charge on any atom is 0.426 e. The van der Waals surface area contributed by atoms with Gasteiger partial charge in [0, 0.05) is 5.69 Å². The van der Waals surface area contributed by atoms with Gasteiger partial charge in [-0.3, -0.25) is 0 Å². The molecule has 5 aromatic carbocycles. The summed E-state index contributed by atoms with van der Waals surface area (Å²) >= 11 is 0. The van der Waals surface area contributed by atoms with Crippen LogP contribution in [0.15, 0.2) is 121 Å². The van der Waals surface area contributed by atoms with Crippen molar-refractivity contribution in [1.82, 2.24) is 0 Å². The second kappa shape index (κ2) is 15.8. The Balaban J connectivity index is 1.71. The van der Waals surface area contributed by atoms with Crippen LogP contribution >= 0.6 is 17.1 Å². The summed E-state index contributed by atoms with van der Waals surface area (Å²) in [6.07, 6.45) is 0. The lowest BCUT2D eigenvalue weighted by Gasteiger charge is -2.34. The Morgan fingerprint density at radius 2 is 0.652 bits per heavy atom. The number of methoxy groups -OCH3 is 4. The molecule has 0 fully saturated rings. The number of nitrogens with two attached hydrogens (primary N) is 1. The Hall–Kier alpha value is -5.04. The smallest absolute Gasteiger partial charge is 0.426 e. The molecule has 2 N–H and O–H groups in total. The van der Waals surface area contributed by atoms with Crippen LogP contribution in [-0.2, 0) is 0 Å². The Kier molecular flexibility index (Phi) is 11.1. The summed E-state index contributed by atoms with van der Waals surface area (Å²) in [5.74, 6) is 3.81. The minimum Gasteiger partial charge on any atom is -0.493 e. The second-order valence-electron chi connectivity index (χ2n) is 9.33. The van der Waals surface area contributed by atoms with E-state index in [1.54, 1.807) is 89.1 Å². The van der Waals surface area contributed by atoms with Crippen molar-refractivity contribution in [2.24, 2.45) is 0 Å². The highest BCUT2D eigenvalue weighted by atomic mass is 31.2. The number of nitrogens with zero attached hydrogens (tertiary/aromatic N) is 1. The summed E-state index contributed by atoms with van der Waals surface area (Å²) in [7, 11) is 2.03. The molecule has 0 aromatic heterocycles. The van der Waals surface area contributed by atoms with Crippen molar-refractivity contribution in [3.8, 4) is 46.0 Å². The Bertz CT molecular complexity index is 1510. The highest BCUT2D eigenvalue weighted by molar-refractivity contribution is 7.68. The van der Waals surface area contributed by atoms with Crippen LogP contribution in [0.5, 0.6) is 46.0 Å². The van der Waals surface area contributed by atoms with Crippen molar-refractivity contribution >= 4 is 28.4 Å². The van der Waals surface area contributed by atoms with Crippen LogP contribution < -0.4 is 47.2 Å². The summed E-state index contributed by atoms with van der Waals surface area (Å²) in [6, 6.07) is 36.5. The predicted molar refractivity (Wildman–Crippen MR) is 182 cm³/mol. The third-order valence-corrected chi connectivity index (χ3v) is 9.78. The zero-order valence-electron chi connectivity index (χ0n) is 25.7. The van der Waals surface area contributed by atoms with Crippen LogP contribution in [0.25, 0.3) is 0 Å². The fourth-order valence-corrected chi connectivity index (χ4v) is 7.38. The number of para-hydroxylation sites is 8. The van der Waals surface area contributed by atoms with Gasteiger partial charge in [-0.1, -0.05) is 48.5 Å². The normalized spacial score (nSPS) is 10.7. The molecule has 10 nitrogen and oxygen atoms in total. The van der Waals surface area contributed by atoms with Gasteiger partial charge in [-0.05, 0) is 72.8 Å². The minimum absolute atomic E-state index is 0.441. The third kappa shape index (κ3) is 7.78. The number of ether oxygens (including phenoxy) is 4. The number of nitrogen functional groups attached to an aromatic ring is 1. The van der Waals surface area contributed by atoms with E-state index in [4.69, 9.17) is 42.8 Å². The highest BCUT2D eigenvalue weighted by Crippen LogP contribution is 2.62. The number of hydrogen-bond acceptors (Lipinski definition) is 10. The number of hydrogen-bond donors (Lipinski definition) is 1. The van der Waals surface area contributed by atoms with E-state index in [0.717, 1.165) is 0 Å². The van der Waals surface area contributed by atoms with Gasteiger partial charge in [0.2, 0.25) is 0 Å². The fraction of sp³-hybridized carbons (Fsp3) is 0.118. The molecule has 0 aliphatic heterocycles. The average Bonchev–Trinajstić information content (AvgIpc) is 3.10. The number of rotatable bonds is 15. The molecule has 12 heteroatoms. The molecular formula is C34H34N2O8P2. The van der Waals surface area contributed by atoms with Gasteiger partial charge in [-0.15, -0.1) is 0 Å². The zero-order chi connectivity index (χ0) is 32.3. The van der Waals surface area contributed by atoms with E-state index in [9.17, 15) is 0 Å². The topological polar surface area (TPSA) is 103 Å². The van der Waals surface area contributed by atoms with Crippen LogP contribution in [0.3, 0.4) is 0 Å². The van der Waals surface area contributed by atoms with Gasteiger partial charge >= 0.3 is 17.1 Å². The molecule has 0 aliphatic carbocycles. The van der Waals surface area contributed by atoms with E-state index in [2.05, 4.69) is 0 Å². The van der Waals surface area contributed by atoms with E-state index in [-0.39, 0.29) is 0 Å².